The molecule has 0 atom stereocenters. The number of aromatic nitrogens is 2. The molecule has 2 aromatic rings. The van der Waals surface area contributed by atoms with Gasteiger partial charge in [0.25, 0.3) is 0 Å². The predicted molar refractivity (Wildman–Crippen MR) is 68.9 cm³/mol. The first kappa shape index (κ1) is 12.0. The van der Waals surface area contributed by atoms with E-state index in [0.717, 1.165) is 17.0 Å². The van der Waals surface area contributed by atoms with Crippen LogP contribution in [0.4, 0.5) is 5.82 Å². The summed E-state index contributed by atoms with van der Waals surface area (Å²) in [5.74, 6) is 1.33. The zero-order chi connectivity index (χ0) is 13.0. The first-order valence-electron chi connectivity index (χ1n) is 5.59. The zero-order valence-electron chi connectivity index (χ0n) is 10.1. The second-order valence-corrected chi connectivity index (χ2v) is 3.82. The maximum absolute atomic E-state index is 8.56. The summed E-state index contributed by atoms with van der Waals surface area (Å²) in [6.07, 6.45) is 0.392. The van der Waals surface area contributed by atoms with Crippen LogP contribution in [0.5, 0.6) is 5.75 Å². The topological polar surface area (TPSA) is 76.9 Å². The molecule has 0 radical (unpaired) electrons. The van der Waals surface area contributed by atoms with E-state index in [2.05, 4.69) is 11.2 Å². The van der Waals surface area contributed by atoms with Crippen molar-refractivity contribution in [1.82, 2.24) is 9.78 Å². The van der Waals surface area contributed by atoms with Crippen LogP contribution in [0.2, 0.25) is 0 Å². The third kappa shape index (κ3) is 2.43. The molecule has 0 spiro atoms. The van der Waals surface area contributed by atoms with Gasteiger partial charge < -0.3 is 10.5 Å². The number of ether oxygens (including phenoxy) is 1. The van der Waals surface area contributed by atoms with Crippen LogP contribution in [0, 0.1) is 11.3 Å². The van der Waals surface area contributed by atoms with Crippen molar-refractivity contribution in [2.45, 2.75) is 13.0 Å². The average Bonchev–Trinajstić information content (AvgIpc) is 2.78. The van der Waals surface area contributed by atoms with E-state index >= 15 is 0 Å². The third-order valence-corrected chi connectivity index (χ3v) is 2.61. The number of nitrogens with two attached hydrogens (primary N) is 1. The first-order chi connectivity index (χ1) is 8.74. The summed E-state index contributed by atoms with van der Waals surface area (Å²) in [4.78, 5) is 0. The number of nitrogens with zero attached hydrogens (tertiary/aromatic N) is 3. The van der Waals surface area contributed by atoms with Crippen LogP contribution in [-0.4, -0.2) is 16.9 Å². The van der Waals surface area contributed by atoms with Crippen molar-refractivity contribution < 1.29 is 4.74 Å². The lowest BCUT2D eigenvalue weighted by molar-refractivity contribution is 0.415. The lowest BCUT2D eigenvalue weighted by atomic mass is 10.1. The summed E-state index contributed by atoms with van der Waals surface area (Å²) in [5.41, 5.74) is 7.57. The van der Waals surface area contributed by atoms with E-state index in [1.54, 1.807) is 17.9 Å². The zero-order valence-corrected chi connectivity index (χ0v) is 10.1. The Morgan fingerprint density at radius 3 is 3.00 bits per heavy atom. The highest BCUT2D eigenvalue weighted by Crippen LogP contribution is 2.24. The Kier molecular flexibility index (Phi) is 3.49. The molecule has 0 unspecified atom stereocenters. The van der Waals surface area contributed by atoms with Gasteiger partial charge in [-0.15, -0.1) is 0 Å². The third-order valence-electron chi connectivity index (χ3n) is 2.61. The summed E-state index contributed by atoms with van der Waals surface area (Å²) in [6, 6.07) is 11.5. The molecule has 0 bridgehead atoms. The van der Waals surface area contributed by atoms with Crippen LogP contribution in [0.15, 0.2) is 30.3 Å². The number of nitrogen functional groups attached to an aromatic ring is 1. The number of rotatable bonds is 4. The van der Waals surface area contributed by atoms with Crippen LogP contribution in [-0.2, 0) is 6.54 Å². The number of hydrogen-bond acceptors (Lipinski definition) is 4. The summed E-state index contributed by atoms with van der Waals surface area (Å²) < 4.78 is 6.81. The smallest absolute Gasteiger partial charge is 0.122 e. The molecule has 1 heterocycles. The summed E-state index contributed by atoms with van der Waals surface area (Å²) in [5, 5.41) is 12.9. The van der Waals surface area contributed by atoms with Gasteiger partial charge in [-0.3, -0.25) is 0 Å². The molecule has 1 aromatic carbocycles. The van der Waals surface area contributed by atoms with Crippen LogP contribution in [0.3, 0.4) is 0 Å². The Labute approximate surface area is 105 Å². The van der Waals surface area contributed by atoms with Crippen molar-refractivity contribution in [2.75, 3.05) is 12.8 Å². The fourth-order valence-corrected chi connectivity index (χ4v) is 1.69. The van der Waals surface area contributed by atoms with E-state index in [0.29, 0.717) is 18.8 Å². The van der Waals surface area contributed by atoms with E-state index in [1.807, 2.05) is 24.3 Å². The Hall–Kier alpha value is -2.48. The molecule has 0 saturated carbocycles. The lowest BCUT2D eigenvalue weighted by Gasteiger charge is -2.01. The Morgan fingerprint density at radius 2 is 2.28 bits per heavy atom. The predicted octanol–water partition coefficient (Wildman–Crippen LogP) is 2.05. The number of methoxy groups -OCH3 is 1. The quantitative estimate of drug-likeness (QED) is 0.890. The fourth-order valence-electron chi connectivity index (χ4n) is 1.69. The van der Waals surface area contributed by atoms with Gasteiger partial charge in [-0.05, 0) is 12.1 Å². The highest BCUT2D eigenvalue weighted by atomic mass is 16.5. The van der Waals surface area contributed by atoms with Crippen molar-refractivity contribution in [3.8, 4) is 23.1 Å². The largest absolute Gasteiger partial charge is 0.497 e. The summed E-state index contributed by atoms with van der Waals surface area (Å²) in [7, 11) is 1.62. The van der Waals surface area contributed by atoms with E-state index in [1.165, 1.54) is 0 Å². The molecule has 18 heavy (non-hydrogen) atoms. The molecule has 0 fully saturated rings. The summed E-state index contributed by atoms with van der Waals surface area (Å²) in [6.45, 7) is 0.506. The van der Waals surface area contributed by atoms with Gasteiger partial charge in [0.1, 0.15) is 11.6 Å². The normalized spacial score (nSPS) is 10.0. The van der Waals surface area contributed by atoms with Gasteiger partial charge in [0, 0.05) is 11.6 Å². The Balaban J connectivity index is 2.30. The molecule has 5 heteroatoms. The maximum Gasteiger partial charge on any atom is 0.122 e. The van der Waals surface area contributed by atoms with Gasteiger partial charge in [-0.2, -0.15) is 10.4 Å². The van der Waals surface area contributed by atoms with Gasteiger partial charge in [0.2, 0.25) is 0 Å². The molecule has 2 N–H and O–H groups in total. The highest BCUT2D eigenvalue weighted by molar-refractivity contribution is 5.63. The van der Waals surface area contributed by atoms with E-state index in [4.69, 9.17) is 15.7 Å². The first-order valence-corrected chi connectivity index (χ1v) is 5.59. The minimum atomic E-state index is 0.392. The molecule has 1 aromatic heterocycles. The van der Waals surface area contributed by atoms with Gasteiger partial charge in [0.15, 0.2) is 0 Å². The van der Waals surface area contributed by atoms with Crippen LogP contribution in [0.1, 0.15) is 6.42 Å². The fraction of sp³-hybridized carbons (Fsp3) is 0.231. The lowest BCUT2D eigenvalue weighted by Crippen LogP contribution is -2.03. The Morgan fingerprint density at radius 1 is 1.44 bits per heavy atom. The number of anilines is 1. The van der Waals surface area contributed by atoms with E-state index < -0.39 is 0 Å². The van der Waals surface area contributed by atoms with Gasteiger partial charge in [-0.25, -0.2) is 4.68 Å². The molecule has 0 aliphatic carbocycles. The van der Waals surface area contributed by atoms with Crippen molar-refractivity contribution in [2.24, 2.45) is 0 Å². The highest BCUT2D eigenvalue weighted by Gasteiger charge is 2.07. The number of hydrogen-bond donors (Lipinski definition) is 1. The van der Waals surface area contributed by atoms with Crippen molar-refractivity contribution >= 4 is 5.82 Å². The van der Waals surface area contributed by atoms with E-state index in [9.17, 15) is 0 Å². The van der Waals surface area contributed by atoms with Gasteiger partial charge >= 0.3 is 0 Å². The molecule has 0 aliphatic rings. The number of aryl methyl sites for hydroxylation is 1. The minimum Gasteiger partial charge on any atom is -0.497 e. The number of benzene rings is 1. The van der Waals surface area contributed by atoms with Crippen LogP contribution in [0.25, 0.3) is 11.3 Å². The van der Waals surface area contributed by atoms with E-state index in [-0.39, 0.29) is 0 Å². The molecule has 92 valence electrons. The van der Waals surface area contributed by atoms with Crippen molar-refractivity contribution in [3.63, 3.8) is 0 Å². The second-order valence-electron chi connectivity index (χ2n) is 3.82. The number of nitriles is 1. The minimum absolute atomic E-state index is 0.392. The molecular formula is C13H14N4O. The van der Waals surface area contributed by atoms with Crippen LogP contribution < -0.4 is 10.5 Å². The van der Waals surface area contributed by atoms with Crippen molar-refractivity contribution in [1.29, 1.82) is 5.26 Å². The maximum atomic E-state index is 8.56. The van der Waals surface area contributed by atoms with Crippen LogP contribution >= 0.6 is 0 Å². The molecular weight excluding hydrogens is 228 g/mol. The van der Waals surface area contributed by atoms with Crippen molar-refractivity contribution in [3.05, 3.63) is 30.3 Å². The standard InChI is InChI=1S/C13H14N4O/c1-18-11-5-2-4-10(8-11)12-9-13(15)17(16-12)7-3-6-14/h2,4-5,8-9H,3,7,15H2,1H3. The Bertz CT molecular complexity index is 583. The molecule has 5 nitrogen and oxygen atoms in total. The molecule has 0 saturated heterocycles. The molecule has 2 rings (SSSR count). The monoisotopic (exact) mass is 242 g/mol. The average molecular weight is 242 g/mol. The molecule has 0 aliphatic heterocycles. The summed E-state index contributed by atoms with van der Waals surface area (Å²) >= 11 is 0. The SMILES string of the molecule is COc1cccc(-c2cc(N)n(CCC#N)n2)c1. The molecule has 0 amide bonds. The van der Waals surface area contributed by atoms with Gasteiger partial charge in [0.05, 0.1) is 31.8 Å². The van der Waals surface area contributed by atoms with Gasteiger partial charge in [-0.1, -0.05) is 12.1 Å². The second kappa shape index (κ2) is 5.23.